The monoisotopic (exact) mass is 292 g/mol. The second kappa shape index (κ2) is 4.08. The van der Waals surface area contributed by atoms with Gasteiger partial charge in [-0.15, -0.1) is 11.3 Å². The number of pyridine rings is 1. The maximum Gasteiger partial charge on any atom is 0.126 e. The number of rotatable bonds is 0. The van der Waals surface area contributed by atoms with Crippen LogP contribution in [0.1, 0.15) is 34.5 Å². The van der Waals surface area contributed by atoms with Crippen LogP contribution in [0.3, 0.4) is 0 Å². The van der Waals surface area contributed by atoms with Crippen LogP contribution >= 0.6 is 11.3 Å². The van der Waals surface area contributed by atoms with Gasteiger partial charge < -0.3 is 5.73 Å². The molecule has 2 heterocycles. The lowest BCUT2D eigenvalue weighted by Gasteiger charge is -2.12. The Morgan fingerprint density at radius 2 is 1.95 bits per heavy atom. The van der Waals surface area contributed by atoms with Crippen molar-refractivity contribution in [1.82, 2.24) is 4.98 Å². The maximum absolute atomic E-state index is 6.62. The molecule has 2 nitrogen and oxygen atoms in total. The van der Waals surface area contributed by atoms with Crippen molar-refractivity contribution in [1.29, 1.82) is 0 Å². The zero-order chi connectivity index (χ0) is 14.0. The van der Waals surface area contributed by atoms with Crippen molar-refractivity contribution in [3.8, 4) is 11.1 Å². The molecule has 104 valence electrons. The maximum atomic E-state index is 6.62. The van der Waals surface area contributed by atoms with E-state index in [2.05, 4.69) is 24.3 Å². The van der Waals surface area contributed by atoms with Crippen molar-refractivity contribution < 1.29 is 0 Å². The lowest BCUT2D eigenvalue weighted by Crippen LogP contribution is -2.01. The molecule has 2 aliphatic carbocycles. The normalized spacial score (nSPS) is 15.8. The Kier molecular flexibility index (Phi) is 2.28. The number of anilines is 1. The summed E-state index contributed by atoms with van der Waals surface area (Å²) in [6, 6.07) is 8.58. The van der Waals surface area contributed by atoms with Crippen LogP contribution in [0.15, 0.2) is 24.3 Å². The largest absolute Gasteiger partial charge is 0.398 e. The van der Waals surface area contributed by atoms with Gasteiger partial charge in [0.1, 0.15) is 4.83 Å². The van der Waals surface area contributed by atoms with Gasteiger partial charge in [0.15, 0.2) is 0 Å². The van der Waals surface area contributed by atoms with Crippen LogP contribution in [-0.4, -0.2) is 4.98 Å². The summed E-state index contributed by atoms with van der Waals surface area (Å²) in [7, 11) is 0. The first-order valence-electron chi connectivity index (χ1n) is 7.64. The Morgan fingerprint density at radius 3 is 2.90 bits per heavy atom. The minimum Gasteiger partial charge on any atom is -0.398 e. The second-order valence-electron chi connectivity index (χ2n) is 6.07. The van der Waals surface area contributed by atoms with Crippen molar-refractivity contribution in [2.45, 2.75) is 32.1 Å². The van der Waals surface area contributed by atoms with Gasteiger partial charge in [-0.25, -0.2) is 4.98 Å². The van der Waals surface area contributed by atoms with Crippen LogP contribution in [0, 0.1) is 0 Å². The molecule has 0 radical (unpaired) electrons. The second-order valence-corrected chi connectivity index (χ2v) is 7.16. The van der Waals surface area contributed by atoms with Gasteiger partial charge in [0.05, 0.1) is 11.4 Å². The molecule has 0 amide bonds. The highest BCUT2D eigenvalue weighted by atomic mass is 32.1. The summed E-state index contributed by atoms with van der Waals surface area (Å²) < 4.78 is 0. The molecule has 2 N–H and O–H groups in total. The van der Waals surface area contributed by atoms with E-state index in [1.54, 1.807) is 0 Å². The fourth-order valence-electron chi connectivity index (χ4n) is 3.89. The number of aromatic nitrogens is 1. The molecule has 0 saturated carbocycles. The van der Waals surface area contributed by atoms with E-state index in [1.165, 1.54) is 63.9 Å². The van der Waals surface area contributed by atoms with Gasteiger partial charge in [-0.2, -0.15) is 0 Å². The quantitative estimate of drug-likeness (QED) is 0.524. The minimum absolute atomic E-state index is 0.925. The van der Waals surface area contributed by atoms with Crippen LogP contribution in [0.25, 0.3) is 21.3 Å². The average molecular weight is 292 g/mol. The Balaban J connectivity index is 1.87. The zero-order valence-corrected chi connectivity index (χ0v) is 12.6. The molecule has 2 aromatic heterocycles. The molecule has 3 aromatic rings. The van der Waals surface area contributed by atoms with Crippen molar-refractivity contribution >= 4 is 27.2 Å². The van der Waals surface area contributed by atoms with Crippen molar-refractivity contribution in [2.24, 2.45) is 0 Å². The molecule has 0 unspecified atom stereocenters. The highest BCUT2D eigenvalue weighted by molar-refractivity contribution is 7.19. The summed E-state index contributed by atoms with van der Waals surface area (Å²) in [4.78, 5) is 7.65. The molecule has 5 rings (SSSR count). The van der Waals surface area contributed by atoms with Gasteiger partial charge >= 0.3 is 0 Å². The van der Waals surface area contributed by atoms with Crippen LogP contribution < -0.4 is 5.73 Å². The SMILES string of the molecule is Nc1c2c(nc3sc4c(c13)CCCC4)Cc1ccccc1-2. The molecule has 1 aromatic carbocycles. The molecule has 0 aliphatic heterocycles. The first-order valence-corrected chi connectivity index (χ1v) is 8.45. The fraction of sp³-hybridized carbons (Fsp3) is 0.278. The standard InChI is InChI=1S/C18H16N2S/c19-17-15-11-6-2-1-5-10(11)9-13(15)20-18-16(17)12-7-3-4-8-14(12)21-18/h1-2,5-6H,3-4,7-9H2,(H2,19,20). The van der Waals surface area contributed by atoms with Gasteiger partial charge in [0, 0.05) is 22.2 Å². The molecule has 0 fully saturated rings. The first kappa shape index (κ1) is 11.8. The Bertz CT molecular complexity index is 892. The Morgan fingerprint density at radius 1 is 1.10 bits per heavy atom. The summed E-state index contributed by atoms with van der Waals surface area (Å²) >= 11 is 1.87. The summed E-state index contributed by atoms with van der Waals surface area (Å²) in [5, 5.41) is 1.25. The molecule has 21 heavy (non-hydrogen) atoms. The predicted octanol–water partition coefficient (Wildman–Crippen LogP) is 4.33. The summed E-state index contributed by atoms with van der Waals surface area (Å²) in [5.41, 5.74) is 14.1. The van der Waals surface area contributed by atoms with Crippen molar-refractivity contribution in [3.05, 3.63) is 46.0 Å². The zero-order valence-electron chi connectivity index (χ0n) is 11.8. The predicted molar refractivity (Wildman–Crippen MR) is 88.9 cm³/mol. The summed E-state index contributed by atoms with van der Waals surface area (Å²) in [5.74, 6) is 0. The molecule has 3 heteroatoms. The van der Waals surface area contributed by atoms with Gasteiger partial charge in [0.2, 0.25) is 0 Å². The lowest BCUT2D eigenvalue weighted by atomic mass is 9.94. The molecule has 0 saturated heterocycles. The Hall–Kier alpha value is -1.87. The molecule has 2 aliphatic rings. The third-order valence-electron chi connectivity index (χ3n) is 4.86. The van der Waals surface area contributed by atoms with E-state index in [0.29, 0.717) is 0 Å². The topological polar surface area (TPSA) is 38.9 Å². The molecular formula is C18H16N2S. The fourth-order valence-corrected chi connectivity index (χ4v) is 5.19. The highest BCUT2D eigenvalue weighted by Crippen LogP contribution is 2.46. The van der Waals surface area contributed by atoms with Crippen LogP contribution in [0.2, 0.25) is 0 Å². The number of thiophene rings is 1. The number of nitrogen functional groups attached to an aromatic ring is 1. The average Bonchev–Trinajstić information content (AvgIpc) is 3.04. The number of nitrogens with two attached hydrogens (primary N) is 1. The molecule has 0 spiro atoms. The molecular weight excluding hydrogens is 276 g/mol. The number of hydrogen-bond acceptors (Lipinski definition) is 3. The lowest BCUT2D eigenvalue weighted by molar-refractivity contribution is 0.700. The van der Waals surface area contributed by atoms with E-state index in [1.807, 2.05) is 11.3 Å². The van der Waals surface area contributed by atoms with E-state index in [0.717, 1.165) is 16.9 Å². The van der Waals surface area contributed by atoms with Crippen molar-refractivity contribution in [2.75, 3.05) is 5.73 Å². The van der Waals surface area contributed by atoms with Gasteiger partial charge in [0.25, 0.3) is 0 Å². The van der Waals surface area contributed by atoms with Gasteiger partial charge in [-0.1, -0.05) is 24.3 Å². The first-order chi connectivity index (χ1) is 10.3. The van der Waals surface area contributed by atoms with E-state index >= 15 is 0 Å². The number of aryl methyl sites for hydroxylation is 2. The minimum atomic E-state index is 0.925. The van der Waals surface area contributed by atoms with E-state index < -0.39 is 0 Å². The number of hydrogen-bond donors (Lipinski definition) is 1. The summed E-state index contributed by atoms with van der Waals surface area (Å²) in [6.07, 6.45) is 5.89. The van der Waals surface area contributed by atoms with E-state index in [9.17, 15) is 0 Å². The van der Waals surface area contributed by atoms with Crippen molar-refractivity contribution in [3.63, 3.8) is 0 Å². The van der Waals surface area contributed by atoms with Gasteiger partial charge in [-0.05, 0) is 42.4 Å². The van der Waals surface area contributed by atoms with Gasteiger partial charge in [-0.3, -0.25) is 0 Å². The van der Waals surface area contributed by atoms with Crippen LogP contribution in [-0.2, 0) is 19.3 Å². The van der Waals surface area contributed by atoms with Crippen LogP contribution in [0.4, 0.5) is 5.69 Å². The van der Waals surface area contributed by atoms with E-state index in [4.69, 9.17) is 10.7 Å². The third kappa shape index (κ3) is 1.50. The highest BCUT2D eigenvalue weighted by Gasteiger charge is 2.27. The third-order valence-corrected chi connectivity index (χ3v) is 6.05. The van der Waals surface area contributed by atoms with Crippen LogP contribution in [0.5, 0.6) is 0 Å². The number of nitrogens with zero attached hydrogens (tertiary/aromatic N) is 1. The molecule has 0 bridgehead atoms. The smallest absolute Gasteiger partial charge is 0.126 e. The molecule has 0 atom stereocenters. The van der Waals surface area contributed by atoms with E-state index in [-0.39, 0.29) is 0 Å². The number of fused-ring (bicyclic) bond motifs is 6. The summed E-state index contributed by atoms with van der Waals surface area (Å²) in [6.45, 7) is 0. The Labute approximate surface area is 127 Å². The number of benzene rings is 1.